The van der Waals surface area contributed by atoms with E-state index in [0.29, 0.717) is 17.4 Å². The largest absolute Gasteiger partial charge is 0.455 e. The van der Waals surface area contributed by atoms with Gasteiger partial charge in [0.1, 0.15) is 11.6 Å². The normalized spacial score (nSPS) is 15.7. The second kappa shape index (κ2) is 7.18. The zero-order chi connectivity index (χ0) is 16.2. The summed E-state index contributed by atoms with van der Waals surface area (Å²) in [6.07, 6.45) is 2.20. The van der Waals surface area contributed by atoms with E-state index in [2.05, 4.69) is 25.4 Å². The topological polar surface area (TPSA) is 85.0 Å². The summed E-state index contributed by atoms with van der Waals surface area (Å²) in [7, 11) is 3.60. The Morgan fingerprint density at radius 3 is 2.96 bits per heavy atom. The van der Waals surface area contributed by atoms with E-state index in [4.69, 9.17) is 4.42 Å². The van der Waals surface area contributed by atoms with Crippen molar-refractivity contribution in [3.05, 3.63) is 29.5 Å². The van der Waals surface area contributed by atoms with E-state index < -0.39 is 0 Å². The highest BCUT2D eigenvalue weighted by Gasteiger charge is 2.22. The van der Waals surface area contributed by atoms with Crippen LogP contribution in [0.2, 0.25) is 0 Å². The summed E-state index contributed by atoms with van der Waals surface area (Å²) >= 11 is 1.57. The Bertz CT molecular complexity index is 675. The first-order chi connectivity index (χ1) is 11.2. The fourth-order valence-corrected chi connectivity index (χ4v) is 3.54. The zero-order valence-corrected chi connectivity index (χ0v) is 14.2. The molecular formula is C15H21N5O2S. The minimum atomic E-state index is -0.215. The lowest BCUT2D eigenvalue weighted by molar-refractivity contribution is 0.0934. The van der Waals surface area contributed by atoms with Gasteiger partial charge in [0.05, 0.1) is 5.75 Å². The molecule has 23 heavy (non-hydrogen) atoms. The van der Waals surface area contributed by atoms with Gasteiger partial charge in [-0.15, -0.1) is 10.2 Å². The summed E-state index contributed by atoms with van der Waals surface area (Å²) in [6.45, 7) is 2.07. The van der Waals surface area contributed by atoms with E-state index in [1.54, 1.807) is 24.9 Å². The SMILES string of the molecule is CNC(=O)c1ccc(CSc2nnc(C3CCNCC3)n2C)o1. The third-order valence-corrected chi connectivity index (χ3v) is 5.07. The molecule has 0 unspecified atom stereocenters. The van der Waals surface area contributed by atoms with Gasteiger partial charge in [-0.25, -0.2) is 0 Å². The van der Waals surface area contributed by atoms with Crippen LogP contribution in [-0.4, -0.2) is 40.8 Å². The van der Waals surface area contributed by atoms with Crippen molar-refractivity contribution in [1.82, 2.24) is 25.4 Å². The number of furan rings is 1. The Hall–Kier alpha value is -1.80. The van der Waals surface area contributed by atoms with Gasteiger partial charge < -0.3 is 19.6 Å². The van der Waals surface area contributed by atoms with Crippen LogP contribution in [0.3, 0.4) is 0 Å². The maximum absolute atomic E-state index is 11.5. The van der Waals surface area contributed by atoms with Crippen molar-refractivity contribution in [2.75, 3.05) is 20.1 Å². The first kappa shape index (κ1) is 16.1. The number of carbonyl (C=O) groups excluding carboxylic acids is 1. The minimum Gasteiger partial charge on any atom is -0.455 e. The molecule has 0 radical (unpaired) electrons. The molecule has 1 saturated heterocycles. The van der Waals surface area contributed by atoms with Crippen LogP contribution < -0.4 is 10.6 Å². The molecule has 3 heterocycles. The second-order valence-corrected chi connectivity index (χ2v) is 6.50. The third kappa shape index (κ3) is 3.59. The van der Waals surface area contributed by atoms with Gasteiger partial charge in [-0.3, -0.25) is 4.79 Å². The molecule has 1 aliphatic rings. The number of hydrogen-bond donors (Lipinski definition) is 2. The van der Waals surface area contributed by atoms with E-state index in [1.165, 1.54) is 0 Å². The first-order valence-corrected chi connectivity index (χ1v) is 8.71. The van der Waals surface area contributed by atoms with Gasteiger partial charge in [-0.1, -0.05) is 11.8 Å². The average Bonchev–Trinajstić information content (AvgIpc) is 3.20. The molecule has 8 heteroatoms. The van der Waals surface area contributed by atoms with Crippen LogP contribution >= 0.6 is 11.8 Å². The molecule has 124 valence electrons. The number of nitrogens with one attached hydrogen (secondary N) is 2. The fourth-order valence-electron chi connectivity index (χ4n) is 2.72. The van der Waals surface area contributed by atoms with Crippen LogP contribution in [0.1, 0.15) is 40.9 Å². The molecule has 0 aromatic carbocycles. The Labute approximate surface area is 139 Å². The number of nitrogens with zero attached hydrogens (tertiary/aromatic N) is 3. The predicted octanol–water partition coefficient (Wildman–Crippen LogP) is 1.53. The highest BCUT2D eigenvalue weighted by molar-refractivity contribution is 7.98. The summed E-state index contributed by atoms with van der Waals surface area (Å²) in [5.74, 6) is 3.02. The molecule has 0 spiro atoms. The van der Waals surface area contributed by atoms with Crippen LogP contribution in [0.5, 0.6) is 0 Å². The molecule has 1 amide bonds. The van der Waals surface area contributed by atoms with Gasteiger partial charge in [0.25, 0.3) is 5.91 Å². The van der Waals surface area contributed by atoms with Crippen molar-refractivity contribution in [2.45, 2.75) is 29.7 Å². The number of aromatic nitrogens is 3. The van der Waals surface area contributed by atoms with Crippen LogP contribution in [0.15, 0.2) is 21.7 Å². The highest BCUT2D eigenvalue weighted by atomic mass is 32.2. The standard InChI is InChI=1S/C15H21N5O2S/c1-16-14(21)12-4-3-11(22-12)9-23-15-19-18-13(20(15)2)10-5-7-17-8-6-10/h3-4,10,17H,5-9H2,1-2H3,(H,16,21). The molecule has 0 atom stereocenters. The lowest BCUT2D eigenvalue weighted by Crippen LogP contribution is -2.27. The van der Waals surface area contributed by atoms with Crippen molar-refractivity contribution in [3.8, 4) is 0 Å². The third-order valence-electron chi connectivity index (χ3n) is 4.03. The van der Waals surface area contributed by atoms with Crippen LogP contribution in [0.25, 0.3) is 0 Å². The Morgan fingerprint density at radius 2 is 2.22 bits per heavy atom. The molecule has 1 fully saturated rings. The highest BCUT2D eigenvalue weighted by Crippen LogP contribution is 2.28. The molecule has 0 aliphatic carbocycles. The Balaban J connectivity index is 1.63. The number of thioether (sulfide) groups is 1. The number of amides is 1. The van der Waals surface area contributed by atoms with Crippen molar-refractivity contribution >= 4 is 17.7 Å². The molecule has 2 aromatic rings. The molecule has 2 N–H and O–H groups in total. The molecule has 0 bridgehead atoms. The molecule has 7 nitrogen and oxygen atoms in total. The fraction of sp³-hybridized carbons (Fsp3) is 0.533. The van der Waals surface area contributed by atoms with E-state index >= 15 is 0 Å². The summed E-state index contributed by atoms with van der Waals surface area (Å²) in [4.78, 5) is 11.5. The van der Waals surface area contributed by atoms with E-state index in [9.17, 15) is 4.79 Å². The molecule has 3 rings (SSSR count). The molecule has 2 aromatic heterocycles. The van der Waals surface area contributed by atoms with Crippen molar-refractivity contribution < 1.29 is 9.21 Å². The van der Waals surface area contributed by atoms with Gasteiger partial charge in [-0.05, 0) is 38.1 Å². The van der Waals surface area contributed by atoms with E-state index in [0.717, 1.165) is 42.7 Å². The van der Waals surface area contributed by atoms with E-state index in [1.807, 2.05) is 13.1 Å². The van der Waals surface area contributed by atoms with Gasteiger partial charge in [0.2, 0.25) is 0 Å². The van der Waals surface area contributed by atoms with Crippen molar-refractivity contribution in [1.29, 1.82) is 0 Å². The lowest BCUT2D eigenvalue weighted by atomic mass is 9.97. The first-order valence-electron chi connectivity index (χ1n) is 7.72. The maximum atomic E-state index is 11.5. The number of piperidine rings is 1. The van der Waals surface area contributed by atoms with E-state index in [-0.39, 0.29) is 5.91 Å². The predicted molar refractivity (Wildman–Crippen MR) is 87.5 cm³/mol. The van der Waals surface area contributed by atoms with Crippen LogP contribution in [-0.2, 0) is 12.8 Å². The summed E-state index contributed by atoms with van der Waals surface area (Å²) in [6, 6.07) is 3.51. The van der Waals surface area contributed by atoms with Crippen molar-refractivity contribution in [2.24, 2.45) is 7.05 Å². The number of hydrogen-bond acceptors (Lipinski definition) is 6. The lowest BCUT2D eigenvalue weighted by Gasteiger charge is -2.21. The molecular weight excluding hydrogens is 314 g/mol. The zero-order valence-electron chi connectivity index (χ0n) is 13.3. The Kier molecular flexibility index (Phi) is 5.02. The minimum absolute atomic E-state index is 0.215. The summed E-state index contributed by atoms with van der Waals surface area (Å²) < 4.78 is 7.60. The molecule has 1 aliphatic heterocycles. The summed E-state index contributed by atoms with van der Waals surface area (Å²) in [5.41, 5.74) is 0. The van der Waals surface area contributed by atoms with Gasteiger partial charge in [0, 0.05) is 20.0 Å². The Morgan fingerprint density at radius 1 is 1.43 bits per heavy atom. The summed E-state index contributed by atoms with van der Waals surface area (Å²) in [5, 5.41) is 15.5. The smallest absolute Gasteiger partial charge is 0.286 e. The quantitative estimate of drug-likeness (QED) is 0.806. The van der Waals surface area contributed by atoms with Crippen molar-refractivity contribution in [3.63, 3.8) is 0 Å². The number of carbonyl (C=O) groups is 1. The van der Waals surface area contributed by atoms with Gasteiger partial charge in [-0.2, -0.15) is 0 Å². The van der Waals surface area contributed by atoms with Crippen LogP contribution in [0.4, 0.5) is 0 Å². The van der Waals surface area contributed by atoms with Gasteiger partial charge >= 0.3 is 0 Å². The van der Waals surface area contributed by atoms with Crippen LogP contribution in [0, 0.1) is 0 Å². The monoisotopic (exact) mass is 335 g/mol. The van der Waals surface area contributed by atoms with Gasteiger partial charge in [0.15, 0.2) is 10.9 Å². The molecule has 0 saturated carbocycles. The maximum Gasteiger partial charge on any atom is 0.286 e. The average molecular weight is 335 g/mol. The number of rotatable bonds is 5. The second-order valence-electron chi connectivity index (χ2n) is 5.56.